The smallest absolute Gasteiger partial charge is 0.150 e. The zero-order valence-corrected chi connectivity index (χ0v) is 11.9. The van der Waals surface area contributed by atoms with Crippen LogP contribution in [0, 0.1) is 17.2 Å². The number of nitrogens with two attached hydrogens (primary N) is 1. The van der Waals surface area contributed by atoms with Gasteiger partial charge in [0.1, 0.15) is 0 Å². The summed E-state index contributed by atoms with van der Waals surface area (Å²) in [5, 5.41) is 4.07. The van der Waals surface area contributed by atoms with E-state index in [1.165, 1.54) is 18.9 Å². The number of benzene rings is 1. The van der Waals surface area contributed by atoms with E-state index >= 15 is 0 Å². The van der Waals surface area contributed by atoms with Crippen LogP contribution in [0.1, 0.15) is 26.7 Å². The number of nitrogens with zero attached hydrogens (tertiary/aromatic N) is 1. The van der Waals surface area contributed by atoms with Gasteiger partial charge in [0.05, 0.1) is 11.2 Å². The van der Waals surface area contributed by atoms with Crippen LogP contribution in [0.5, 0.6) is 0 Å². The third-order valence-electron chi connectivity index (χ3n) is 4.61. The highest BCUT2D eigenvalue weighted by atomic mass is 19.1. The molecule has 0 radical (unpaired) electrons. The van der Waals surface area contributed by atoms with Gasteiger partial charge in [-0.15, -0.1) is 0 Å². The first-order valence-electron chi connectivity index (χ1n) is 7.10. The molecule has 1 heterocycles. The van der Waals surface area contributed by atoms with Crippen LogP contribution in [-0.4, -0.2) is 11.5 Å². The van der Waals surface area contributed by atoms with E-state index in [2.05, 4.69) is 24.1 Å². The summed E-state index contributed by atoms with van der Waals surface area (Å²) >= 11 is 0. The SMILES string of the molecule is CC(C)C1(CNc2c(F)cc(N)c3cccnc23)CC1. The summed E-state index contributed by atoms with van der Waals surface area (Å²) in [6, 6.07) is 5.07. The Balaban J connectivity index is 1.95. The minimum absolute atomic E-state index is 0.314. The molecular formula is C16H20FN3. The molecule has 1 aliphatic rings. The largest absolute Gasteiger partial charge is 0.398 e. The zero-order valence-electron chi connectivity index (χ0n) is 11.9. The Hall–Kier alpha value is -1.84. The molecule has 3 nitrogen and oxygen atoms in total. The number of aromatic nitrogens is 1. The average molecular weight is 273 g/mol. The van der Waals surface area contributed by atoms with Crippen molar-refractivity contribution < 1.29 is 4.39 Å². The average Bonchev–Trinajstić information content (AvgIpc) is 3.20. The van der Waals surface area contributed by atoms with Crippen LogP contribution in [0.15, 0.2) is 24.4 Å². The second-order valence-electron chi connectivity index (χ2n) is 6.09. The maximum absolute atomic E-state index is 14.2. The molecule has 1 fully saturated rings. The van der Waals surface area contributed by atoms with E-state index in [9.17, 15) is 4.39 Å². The van der Waals surface area contributed by atoms with Crippen molar-refractivity contribution in [1.29, 1.82) is 0 Å². The monoisotopic (exact) mass is 273 g/mol. The van der Waals surface area contributed by atoms with Crippen molar-refractivity contribution in [1.82, 2.24) is 4.98 Å². The summed E-state index contributed by atoms with van der Waals surface area (Å²) < 4.78 is 14.2. The molecule has 0 aliphatic heterocycles. The van der Waals surface area contributed by atoms with E-state index in [0.717, 1.165) is 11.9 Å². The first kappa shape index (κ1) is 13.2. The molecule has 2 aromatic rings. The van der Waals surface area contributed by atoms with Gasteiger partial charge in [-0.25, -0.2) is 4.39 Å². The Morgan fingerprint density at radius 1 is 1.45 bits per heavy atom. The summed E-state index contributed by atoms with van der Waals surface area (Å²) in [5.74, 6) is 0.277. The number of nitrogens with one attached hydrogen (secondary N) is 1. The maximum atomic E-state index is 14.2. The number of hydrogen-bond acceptors (Lipinski definition) is 3. The maximum Gasteiger partial charge on any atom is 0.150 e. The molecule has 0 spiro atoms. The van der Waals surface area contributed by atoms with Gasteiger partial charge in [0.25, 0.3) is 0 Å². The van der Waals surface area contributed by atoms with Crippen molar-refractivity contribution >= 4 is 22.3 Å². The van der Waals surface area contributed by atoms with Gasteiger partial charge >= 0.3 is 0 Å². The number of halogens is 1. The molecule has 0 unspecified atom stereocenters. The third kappa shape index (κ3) is 2.09. The van der Waals surface area contributed by atoms with Gasteiger partial charge in [-0.1, -0.05) is 13.8 Å². The molecule has 3 rings (SSSR count). The molecule has 3 N–H and O–H groups in total. The first-order chi connectivity index (χ1) is 9.53. The van der Waals surface area contributed by atoms with Gasteiger partial charge in [-0.05, 0) is 42.4 Å². The van der Waals surface area contributed by atoms with Gasteiger partial charge in [-0.3, -0.25) is 4.98 Å². The van der Waals surface area contributed by atoms with Crippen LogP contribution in [0.25, 0.3) is 10.9 Å². The van der Waals surface area contributed by atoms with Crippen molar-refractivity contribution in [3.05, 3.63) is 30.2 Å². The Morgan fingerprint density at radius 3 is 2.85 bits per heavy atom. The minimum Gasteiger partial charge on any atom is -0.398 e. The summed E-state index contributed by atoms with van der Waals surface area (Å²) in [4.78, 5) is 4.29. The van der Waals surface area contributed by atoms with Crippen molar-refractivity contribution in [3.8, 4) is 0 Å². The van der Waals surface area contributed by atoms with Crippen LogP contribution in [0.3, 0.4) is 0 Å². The third-order valence-corrected chi connectivity index (χ3v) is 4.61. The van der Waals surface area contributed by atoms with Gasteiger partial charge in [0.2, 0.25) is 0 Å². The highest BCUT2D eigenvalue weighted by molar-refractivity contribution is 5.98. The lowest BCUT2D eigenvalue weighted by molar-refractivity contribution is 0.379. The van der Waals surface area contributed by atoms with Crippen LogP contribution < -0.4 is 11.1 Å². The van der Waals surface area contributed by atoms with E-state index in [4.69, 9.17) is 5.73 Å². The molecule has 0 atom stereocenters. The fourth-order valence-corrected chi connectivity index (χ4v) is 2.79. The fourth-order valence-electron chi connectivity index (χ4n) is 2.79. The quantitative estimate of drug-likeness (QED) is 0.833. The normalized spacial score (nSPS) is 16.6. The van der Waals surface area contributed by atoms with Crippen LogP contribution in [0.2, 0.25) is 0 Å². The predicted molar refractivity (Wildman–Crippen MR) is 81.1 cm³/mol. The summed E-state index contributed by atoms with van der Waals surface area (Å²) in [7, 11) is 0. The second kappa shape index (κ2) is 4.62. The molecule has 0 bridgehead atoms. The number of anilines is 2. The van der Waals surface area contributed by atoms with E-state index in [1.807, 2.05) is 12.1 Å². The van der Waals surface area contributed by atoms with E-state index in [-0.39, 0.29) is 5.82 Å². The van der Waals surface area contributed by atoms with Crippen molar-refractivity contribution in [2.45, 2.75) is 26.7 Å². The highest BCUT2D eigenvalue weighted by Crippen LogP contribution is 2.52. The van der Waals surface area contributed by atoms with E-state index in [0.29, 0.717) is 28.2 Å². The highest BCUT2D eigenvalue weighted by Gasteiger charge is 2.45. The van der Waals surface area contributed by atoms with Gasteiger partial charge in [0.15, 0.2) is 5.82 Å². The minimum atomic E-state index is -0.326. The van der Waals surface area contributed by atoms with E-state index in [1.54, 1.807) is 6.20 Å². The molecule has 4 heteroatoms. The van der Waals surface area contributed by atoms with Crippen molar-refractivity contribution in [3.63, 3.8) is 0 Å². The Kier molecular flexibility index (Phi) is 3.04. The second-order valence-corrected chi connectivity index (χ2v) is 6.09. The Morgan fingerprint density at radius 2 is 2.20 bits per heavy atom. The lowest BCUT2D eigenvalue weighted by Crippen LogP contribution is -2.21. The molecule has 1 aliphatic carbocycles. The molecule has 1 aromatic carbocycles. The number of hydrogen-bond donors (Lipinski definition) is 2. The van der Waals surface area contributed by atoms with Crippen molar-refractivity contribution in [2.24, 2.45) is 11.3 Å². The lowest BCUT2D eigenvalue weighted by atomic mass is 9.92. The molecule has 1 aromatic heterocycles. The zero-order chi connectivity index (χ0) is 14.3. The molecule has 0 saturated heterocycles. The number of pyridine rings is 1. The number of nitrogen functional groups attached to an aromatic ring is 1. The number of fused-ring (bicyclic) bond motifs is 1. The van der Waals surface area contributed by atoms with Crippen molar-refractivity contribution in [2.75, 3.05) is 17.6 Å². The first-order valence-corrected chi connectivity index (χ1v) is 7.10. The molecule has 0 amide bonds. The van der Waals surface area contributed by atoms with Gasteiger partial charge in [0, 0.05) is 23.8 Å². The summed E-state index contributed by atoms with van der Waals surface area (Å²) in [6.45, 7) is 5.24. The standard InChI is InChI=1S/C16H20FN3/c1-10(2)16(5-6-16)9-20-15-12(17)8-13(18)11-4-3-7-19-14(11)15/h3-4,7-8,10,20H,5-6,9,18H2,1-2H3. The number of rotatable bonds is 4. The van der Waals surface area contributed by atoms with Crippen LogP contribution in [-0.2, 0) is 0 Å². The van der Waals surface area contributed by atoms with Gasteiger partial charge in [-0.2, -0.15) is 0 Å². The summed E-state index contributed by atoms with van der Waals surface area (Å²) in [6.07, 6.45) is 4.08. The molecular weight excluding hydrogens is 253 g/mol. The fraction of sp³-hybridized carbons (Fsp3) is 0.438. The molecule has 106 valence electrons. The Labute approximate surface area is 118 Å². The van der Waals surface area contributed by atoms with E-state index < -0.39 is 0 Å². The topological polar surface area (TPSA) is 50.9 Å². The van der Waals surface area contributed by atoms with Crippen LogP contribution in [0.4, 0.5) is 15.8 Å². The predicted octanol–water partition coefficient (Wildman–Crippen LogP) is 3.80. The molecule has 1 saturated carbocycles. The summed E-state index contributed by atoms with van der Waals surface area (Å²) in [5.41, 5.74) is 7.70. The molecule has 20 heavy (non-hydrogen) atoms. The lowest BCUT2D eigenvalue weighted by Gasteiger charge is -2.21. The van der Waals surface area contributed by atoms with Crippen LogP contribution >= 0.6 is 0 Å². The van der Waals surface area contributed by atoms with Gasteiger partial charge < -0.3 is 11.1 Å². The Bertz CT molecular complexity index is 647.